The molecule has 0 fully saturated rings. The molecule has 4 nitrogen and oxygen atoms in total. The molecule has 0 atom stereocenters. The molecule has 19 heavy (non-hydrogen) atoms. The van der Waals surface area contributed by atoms with Crippen molar-refractivity contribution >= 4 is 34.4 Å². The Balaban J connectivity index is 2.37. The predicted octanol–water partition coefficient (Wildman–Crippen LogP) is 2.86. The van der Waals surface area contributed by atoms with Crippen LogP contribution in [0.1, 0.15) is 5.69 Å². The summed E-state index contributed by atoms with van der Waals surface area (Å²) in [6.45, 7) is 3.51. The minimum absolute atomic E-state index is 0.537. The Hall–Kier alpha value is -2.62. The second-order valence-corrected chi connectivity index (χ2v) is 4.11. The Morgan fingerprint density at radius 1 is 1.05 bits per heavy atom. The second kappa shape index (κ2) is 4.57. The van der Waals surface area contributed by atoms with Crippen LogP contribution in [0.2, 0.25) is 0 Å². The van der Waals surface area contributed by atoms with Crippen LogP contribution < -0.4 is 0 Å². The molecule has 0 saturated carbocycles. The lowest BCUT2D eigenvalue weighted by Gasteiger charge is -2.04. The number of fused-ring (bicyclic) bond motifs is 3. The van der Waals surface area contributed by atoms with E-state index in [-0.39, 0.29) is 0 Å². The van der Waals surface area contributed by atoms with Gasteiger partial charge < -0.3 is 0 Å². The molecule has 0 saturated heterocycles. The summed E-state index contributed by atoms with van der Waals surface area (Å²) in [5.74, 6) is 0.537. The van der Waals surface area contributed by atoms with E-state index >= 15 is 0 Å². The summed E-state index contributed by atoms with van der Waals surface area (Å²) in [6, 6.07) is 11.9. The van der Waals surface area contributed by atoms with Crippen molar-refractivity contribution < 1.29 is 0 Å². The van der Waals surface area contributed by atoms with E-state index in [1.807, 2.05) is 36.4 Å². The number of aliphatic imine (C=N–C) groups is 2. The fourth-order valence-corrected chi connectivity index (χ4v) is 2.11. The van der Waals surface area contributed by atoms with Gasteiger partial charge in [0.05, 0.1) is 11.0 Å². The number of hydrogen-bond donors (Lipinski definition) is 0. The number of rotatable bonds is 1. The minimum Gasteiger partial charge on any atom is -0.268 e. The van der Waals surface area contributed by atoms with E-state index in [0.29, 0.717) is 11.5 Å². The third kappa shape index (κ3) is 1.87. The second-order valence-electron chi connectivity index (χ2n) is 4.11. The summed E-state index contributed by atoms with van der Waals surface area (Å²) >= 11 is 0. The van der Waals surface area contributed by atoms with Gasteiger partial charge in [-0.25, -0.2) is 9.98 Å². The van der Waals surface area contributed by atoms with Gasteiger partial charge in [0, 0.05) is 24.0 Å². The van der Waals surface area contributed by atoms with Crippen molar-refractivity contribution in [2.45, 2.75) is 0 Å². The normalized spacial score (nSPS) is 11.9. The Morgan fingerprint density at radius 3 is 2.53 bits per heavy atom. The highest BCUT2D eigenvalue weighted by Gasteiger charge is 2.07. The lowest BCUT2D eigenvalue weighted by Crippen LogP contribution is -2.00. The maximum Gasteiger partial charge on any atom is 0.172 e. The van der Waals surface area contributed by atoms with Gasteiger partial charge in [-0.05, 0) is 18.9 Å². The van der Waals surface area contributed by atoms with Crippen molar-refractivity contribution in [3.05, 3.63) is 48.3 Å². The van der Waals surface area contributed by atoms with Crippen LogP contribution in [-0.4, -0.2) is 29.6 Å². The lowest BCUT2D eigenvalue weighted by molar-refractivity contribution is 1.30. The van der Waals surface area contributed by atoms with Crippen molar-refractivity contribution in [2.75, 3.05) is 7.05 Å². The molecule has 1 aromatic carbocycles. The fraction of sp³-hybridized carbons (Fsp3) is 0.0667. The molecule has 0 amide bonds. The summed E-state index contributed by atoms with van der Waals surface area (Å²) in [5.41, 5.74) is 2.46. The minimum atomic E-state index is 0.537. The van der Waals surface area contributed by atoms with Crippen LogP contribution >= 0.6 is 0 Å². The Morgan fingerprint density at radius 2 is 1.79 bits per heavy atom. The van der Waals surface area contributed by atoms with Crippen LogP contribution in [0.5, 0.6) is 0 Å². The molecule has 0 N–H and O–H groups in total. The zero-order valence-electron chi connectivity index (χ0n) is 10.5. The molecule has 0 aliphatic carbocycles. The van der Waals surface area contributed by atoms with Crippen LogP contribution in [0.3, 0.4) is 0 Å². The Bertz CT molecular complexity index is 805. The molecule has 3 aromatic rings. The predicted molar refractivity (Wildman–Crippen MR) is 79.1 cm³/mol. The van der Waals surface area contributed by atoms with E-state index in [1.165, 1.54) is 0 Å². The van der Waals surface area contributed by atoms with Gasteiger partial charge >= 0.3 is 0 Å². The van der Waals surface area contributed by atoms with E-state index in [0.717, 1.165) is 21.8 Å². The zero-order valence-corrected chi connectivity index (χ0v) is 10.5. The monoisotopic (exact) mass is 248 g/mol. The maximum absolute atomic E-state index is 4.62. The smallest absolute Gasteiger partial charge is 0.172 e. The van der Waals surface area contributed by atoms with Gasteiger partial charge in [0.1, 0.15) is 5.69 Å². The molecule has 4 heteroatoms. The highest BCUT2D eigenvalue weighted by Crippen LogP contribution is 2.22. The fourth-order valence-electron chi connectivity index (χ4n) is 2.11. The standard InChI is InChI=1S/C15H12N4/c1-16-15(17-2)12-8-7-11-6-5-10-4-3-9-18-13(10)14(11)19-12/h3-9H,1H2,2H3. The Labute approximate surface area is 110 Å². The molecule has 0 aliphatic rings. The summed E-state index contributed by atoms with van der Waals surface area (Å²) < 4.78 is 0. The summed E-state index contributed by atoms with van der Waals surface area (Å²) in [7, 11) is 1.68. The molecule has 2 heterocycles. The van der Waals surface area contributed by atoms with Crippen molar-refractivity contribution in [1.82, 2.24) is 9.97 Å². The van der Waals surface area contributed by atoms with Crippen LogP contribution in [0.25, 0.3) is 21.8 Å². The molecular weight excluding hydrogens is 236 g/mol. The van der Waals surface area contributed by atoms with Gasteiger partial charge in [-0.1, -0.05) is 24.3 Å². The van der Waals surface area contributed by atoms with Crippen LogP contribution in [0, 0.1) is 0 Å². The van der Waals surface area contributed by atoms with Gasteiger partial charge in [0.2, 0.25) is 0 Å². The first kappa shape index (κ1) is 11.5. The number of pyridine rings is 2. The van der Waals surface area contributed by atoms with E-state index < -0.39 is 0 Å². The molecule has 0 unspecified atom stereocenters. The first-order chi connectivity index (χ1) is 9.33. The molecule has 0 aliphatic heterocycles. The number of amidine groups is 1. The third-order valence-corrected chi connectivity index (χ3v) is 3.02. The first-order valence-corrected chi connectivity index (χ1v) is 5.92. The van der Waals surface area contributed by atoms with Crippen LogP contribution in [0.15, 0.2) is 52.6 Å². The van der Waals surface area contributed by atoms with Gasteiger partial charge in [-0.15, -0.1) is 0 Å². The van der Waals surface area contributed by atoms with Gasteiger partial charge in [-0.2, -0.15) is 0 Å². The Kier molecular flexibility index (Phi) is 2.76. The molecule has 0 radical (unpaired) electrons. The summed E-state index contributed by atoms with van der Waals surface area (Å²) in [5, 5.41) is 2.12. The number of benzene rings is 1. The van der Waals surface area contributed by atoms with Crippen molar-refractivity contribution in [1.29, 1.82) is 0 Å². The average molecular weight is 248 g/mol. The van der Waals surface area contributed by atoms with Gasteiger partial charge in [-0.3, -0.25) is 9.98 Å². The summed E-state index contributed by atoms with van der Waals surface area (Å²) in [6.07, 6.45) is 1.77. The quantitative estimate of drug-likeness (QED) is 0.378. The topological polar surface area (TPSA) is 50.5 Å². The average Bonchev–Trinajstić information content (AvgIpc) is 2.48. The van der Waals surface area contributed by atoms with Crippen molar-refractivity contribution in [3.63, 3.8) is 0 Å². The number of aromatic nitrogens is 2. The highest BCUT2D eigenvalue weighted by atomic mass is 14.9. The molecule has 3 rings (SSSR count). The first-order valence-electron chi connectivity index (χ1n) is 5.92. The molecule has 92 valence electrons. The van der Waals surface area contributed by atoms with Crippen LogP contribution in [-0.2, 0) is 0 Å². The molecular formula is C15H12N4. The third-order valence-electron chi connectivity index (χ3n) is 3.02. The van der Waals surface area contributed by atoms with Crippen molar-refractivity contribution in [2.24, 2.45) is 9.98 Å². The highest BCUT2D eigenvalue weighted by molar-refractivity contribution is 6.06. The number of nitrogens with zero attached hydrogens (tertiary/aromatic N) is 4. The van der Waals surface area contributed by atoms with E-state index in [4.69, 9.17) is 0 Å². The zero-order chi connectivity index (χ0) is 13.2. The van der Waals surface area contributed by atoms with Crippen LogP contribution in [0.4, 0.5) is 0 Å². The lowest BCUT2D eigenvalue weighted by atomic mass is 10.1. The summed E-state index contributed by atoms with van der Waals surface area (Å²) in [4.78, 5) is 17.0. The largest absolute Gasteiger partial charge is 0.268 e. The van der Waals surface area contributed by atoms with Gasteiger partial charge in [0.15, 0.2) is 5.84 Å². The molecule has 0 spiro atoms. The van der Waals surface area contributed by atoms with E-state index in [9.17, 15) is 0 Å². The van der Waals surface area contributed by atoms with E-state index in [2.05, 4.69) is 26.7 Å². The van der Waals surface area contributed by atoms with Crippen molar-refractivity contribution in [3.8, 4) is 0 Å². The van der Waals surface area contributed by atoms with E-state index in [1.54, 1.807) is 13.2 Å². The maximum atomic E-state index is 4.62. The molecule has 2 aromatic heterocycles. The number of hydrogen-bond acceptors (Lipinski definition) is 3. The SMILES string of the molecule is C=NC(=NC)c1ccc2ccc3cccnc3c2n1. The van der Waals surface area contributed by atoms with Gasteiger partial charge in [0.25, 0.3) is 0 Å². The molecule has 0 bridgehead atoms.